The number of nitrogens with two attached hydrogens (primary N) is 1. The number of hydrogen-bond donors (Lipinski definition) is 1. The molecule has 3 nitrogen and oxygen atoms in total. The molecule has 0 atom stereocenters. The highest BCUT2D eigenvalue weighted by Crippen LogP contribution is 2.11. The molecule has 1 saturated heterocycles. The molecule has 1 fully saturated rings. The fourth-order valence-corrected chi connectivity index (χ4v) is 1.79. The average molecular weight is 417 g/mol. The molecule has 0 spiro atoms. The van der Waals surface area contributed by atoms with Crippen LogP contribution in [0.2, 0.25) is 0 Å². The Kier molecular flexibility index (Phi) is 50.0. The van der Waals surface area contributed by atoms with Crippen molar-refractivity contribution in [1.82, 2.24) is 4.90 Å². The molecular weight excluding hydrogens is 364 g/mol. The van der Waals surface area contributed by atoms with E-state index in [2.05, 4.69) is 44.9 Å². The first-order valence-corrected chi connectivity index (χ1v) is 11.8. The van der Waals surface area contributed by atoms with E-state index < -0.39 is 0 Å². The van der Waals surface area contributed by atoms with Crippen LogP contribution in [-0.4, -0.2) is 30.8 Å². The SMILES string of the molecule is CC.CC.CC.CC(C)=O.CCC.CN1CCCC1.Cc1ccc(SN)cc1. The molecule has 2 N–H and O–H groups in total. The van der Waals surface area contributed by atoms with Gasteiger partial charge in [0.2, 0.25) is 0 Å². The lowest BCUT2D eigenvalue weighted by Crippen LogP contribution is -2.10. The zero-order valence-corrected chi connectivity index (χ0v) is 22.0. The van der Waals surface area contributed by atoms with Gasteiger partial charge in [0.15, 0.2) is 0 Å². The maximum Gasteiger partial charge on any atom is 0.126 e. The van der Waals surface area contributed by atoms with E-state index in [1.165, 1.54) is 63.7 Å². The topological polar surface area (TPSA) is 46.3 Å². The van der Waals surface area contributed by atoms with Crippen LogP contribution >= 0.6 is 11.9 Å². The summed E-state index contributed by atoms with van der Waals surface area (Å²) in [6, 6.07) is 8.13. The molecule has 0 unspecified atom stereocenters. The summed E-state index contributed by atoms with van der Waals surface area (Å²) in [6.45, 7) is 24.0. The zero-order valence-electron chi connectivity index (χ0n) is 21.2. The van der Waals surface area contributed by atoms with Crippen LogP contribution in [0.25, 0.3) is 0 Å². The number of carbonyl (C=O) groups excluding carboxylic acids is 1. The molecule has 0 aromatic heterocycles. The molecular formula is C24H52N2OS. The summed E-state index contributed by atoms with van der Waals surface area (Å²) < 4.78 is 0. The average Bonchev–Trinajstić information content (AvgIpc) is 3.19. The monoisotopic (exact) mass is 416 g/mol. The van der Waals surface area contributed by atoms with Crippen LogP contribution in [0.4, 0.5) is 0 Å². The van der Waals surface area contributed by atoms with Crippen molar-refractivity contribution in [3.8, 4) is 0 Å². The summed E-state index contributed by atoms with van der Waals surface area (Å²) in [7, 11) is 2.17. The molecule has 4 heteroatoms. The van der Waals surface area contributed by atoms with Crippen molar-refractivity contribution in [2.75, 3.05) is 20.1 Å². The Hall–Kier alpha value is -0.840. The first-order valence-electron chi connectivity index (χ1n) is 11.0. The normalized spacial score (nSPS) is 10.8. The van der Waals surface area contributed by atoms with Gasteiger partial charge in [-0.05, 0) is 77.8 Å². The van der Waals surface area contributed by atoms with Crippen LogP contribution in [0.5, 0.6) is 0 Å². The minimum Gasteiger partial charge on any atom is -0.306 e. The Morgan fingerprint density at radius 1 is 0.929 bits per heavy atom. The molecule has 28 heavy (non-hydrogen) atoms. The maximum absolute atomic E-state index is 9.44. The molecule has 170 valence electrons. The number of ketones is 1. The standard InChI is InChI=1S/C7H9NS.C5H11N.C3H6O.C3H8.3C2H6/c1-6-2-4-7(9-8)5-3-6;1-6-4-2-3-5-6;1-3(2)4;1-3-2;3*1-2/h2-5H,8H2,1H3;2-5H2,1H3;1-2H3;3H2,1-2H3;3*1-2H3. The van der Waals surface area contributed by atoms with Gasteiger partial charge in [0.05, 0.1) is 0 Å². The number of benzene rings is 1. The summed E-state index contributed by atoms with van der Waals surface area (Å²) in [4.78, 5) is 12.9. The predicted molar refractivity (Wildman–Crippen MR) is 134 cm³/mol. The van der Waals surface area contributed by atoms with E-state index >= 15 is 0 Å². The van der Waals surface area contributed by atoms with E-state index in [0.29, 0.717) is 0 Å². The Labute approximate surface area is 183 Å². The van der Waals surface area contributed by atoms with Gasteiger partial charge in [0, 0.05) is 4.90 Å². The highest BCUT2D eigenvalue weighted by atomic mass is 32.2. The Morgan fingerprint density at radius 3 is 1.39 bits per heavy atom. The molecule has 0 saturated carbocycles. The van der Waals surface area contributed by atoms with E-state index in [1.807, 2.05) is 53.7 Å². The smallest absolute Gasteiger partial charge is 0.126 e. The number of aryl methyl sites for hydroxylation is 1. The van der Waals surface area contributed by atoms with Crippen LogP contribution in [-0.2, 0) is 4.79 Å². The van der Waals surface area contributed by atoms with Crippen LogP contribution < -0.4 is 5.14 Å². The van der Waals surface area contributed by atoms with Gasteiger partial charge in [-0.2, -0.15) is 0 Å². The van der Waals surface area contributed by atoms with Crippen molar-refractivity contribution in [2.24, 2.45) is 5.14 Å². The molecule has 0 radical (unpaired) electrons. The zero-order chi connectivity index (χ0) is 23.4. The molecule has 0 bridgehead atoms. The van der Waals surface area contributed by atoms with Crippen molar-refractivity contribution in [3.05, 3.63) is 29.8 Å². The van der Waals surface area contributed by atoms with Crippen molar-refractivity contribution in [1.29, 1.82) is 0 Å². The van der Waals surface area contributed by atoms with Gasteiger partial charge in [0.25, 0.3) is 0 Å². The van der Waals surface area contributed by atoms with E-state index in [4.69, 9.17) is 5.14 Å². The fraction of sp³-hybridized carbons (Fsp3) is 0.708. The maximum atomic E-state index is 9.44. The van der Waals surface area contributed by atoms with E-state index in [1.54, 1.807) is 0 Å². The lowest BCUT2D eigenvalue weighted by atomic mass is 10.2. The Bertz CT molecular complexity index is 357. The first kappa shape index (κ1) is 37.8. The van der Waals surface area contributed by atoms with Crippen LogP contribution in [0.1, 0.15) is 94.1 Å². The molecule has 0 aliphatic carbocycles. The molecule has 1 aliphatic heterocycles. The van der Waals surface area contributed by atoms with Crippen molar-refractivity contribution >= 4 is 17.7 Å². The minimum atomic E-state index is 0.167. The number of Topliss-reactive ketones (excluding diaryl/α,β-unsaturated/α-hetero) is 1. The van der Waals surface area contributed by atoms with E-state index in [9.17, 15) is 4.79 Å². The van der Waals surface area contributed by atoms with Gasteiger partial charge >= 0.3 is 0 Å². The second-order valence-electron chi connectivity index (χ2n) is 5.56. The number of hydrogen-bond acceptors (Lipinski definition) is 4. The molecule has 1 aromatic rings. The first-order chi connectivity index (χ1) is 13.4. The molecule has 1 heterocycles. The molecule has 1 aromatic carbocycles. The van der Waals surface area contributed by atoms with Crippen molar-refractivity contribution in [3.63, 3.8) is 0 Å². The van der Waals surface area contributed by atoms with E-state index in [-0.39, 0.29) is 5.78 Å². The number of rotatable bonds is 1. The lowest BCUT2D eigenvalue weighted by molar-refractivity contribution is -0.114. The van der Waals surface area contributed by atoms with Gasteiger partial charge < -0.3 is 9.69 Å². The van der Waals surface area contributed by atoms with Gasteiger partial charge in [-0.25, -0.2) is 0 Å². The van der Waals surface area contributed by atoms with Crippen molar-refractivity contribution in [2.45, 2.75) is 100 Å². The van der Waals surface area contributed by atoms with Gasteiger partial charge in [-0.3, -0.25) is 5.14 Å². The lowest BCUT2D eigenvalue weighted by Gasteiger charge is -2.01. The van der Waals surface area contributed by atoms with Crippen LogP contribution in [0.3, 0.4) is 0 Å². The fourth-order valence-electron chi connectivity index (χ4n) is 1.49. The third-order valence-corrected chi connectivity index (χ3v) is 3.03. The van der Waals surface area contributed by atoms with Crippen molar-refractivity contribution < 1.29 is 4.79 Å². The van der Waals surface area contributed by atoms with Gasteiger partial charge in [-0.1, -0.05) is 79.5 Å². The summed E-state index contributed by atoms with van der Waals surface area (Å²) in [5.74, 6) is 0.167. The van der Waals surface area contributed by atoms with Gasteiger partial charge in [-0.15, -0.1) is 0 Å². The number of nitrogens with zero attached hydrogens (tertiary/aromatic N) is 1. The summed E-state index contributed by atoms with van der Waals surface area (Å²) in [5.41, 5.74) is 1.27. The molecule has 2 rings (SSSR count). The third-order valence-electron chi connectivity index (χ3n) is 2.49. The largest absolute Gasteiger partial charge is 0.306 e. The Morgan fingerprint density at radius 2 is 1.21 bits per heavy atom. The highest BCUT2D eigenvalue weighted by Gasteiger charge is 2.03. The molecule has 1 aliphatic rings. The van der Waals surface area contributed by atoms with E-state index in [0.717, 1.165) is 4.90 Å². The number of likely N-dealkylation sites (tertiary alicyclic amines) is 1. The second-order valence-corrected chi connectivity index (χ2v) is 6.26. The summed E-state index contributed by atoms with van der Waals surface area (Å²) in [6.07, 6.45) is 4.08. The second kappa shape index (κ2) is 37.0. The highest BCUT2D eigenvalue weighted by molar-refractivity contribution is 7.97. The van der Waals surface area contributed by atoms with Crippen LogP contribution in [0.15, 0.2) is 29.2 Å². The number of carbonyl (C=O) groups is 1. The summed E-state index contributed by atoms with van der Waals surface area (Å²) >= 11 is 1.28. The molecule has 0 amide bonds. The Balaban J connectivity index is -0.0000000818. The quantitative estimate of drug-likeness (QED) is 0.475. The predicted octanol–water partition coefficient (Wildman–Crippen LogP) is 7.76. The summed E-state index contributed by atoms with van der Waals surface area (Å²) in [5, 5.41) is 5.32. The third kappa shape index (κ3) is 44.5. The van der Waals surface area contributed by atoms with Crippen LogP contribution in [0, 0.1) is 6.92 Å². The minimum absolute atomic E-state index is 0.167. The van der Waals surface area contributed by atoms with Gasteiger partial charge in [0.1, 0.15) is 5.78 Å².